The van der Waals surface area contributed by atoms with Crippen LogP contribution in [0, 0.1) is 11.8 Å². The number of carbonyl (C=O) groups excluding carboxylic acids is 2. The van der Waals surface area contributed by atoms with Crippen molar-refractivity contribution in [3.05, 3.63) is 24.0 Å². The van der Waals surface area contributed by atoms with Crippen molar-refractivity contribution in [2.24, 2.45) is 18.9 Å². The fourth-order valence-corrected chi connectivity index (χ4v) is 3.36. The number of rotatable bonds is 9. The zero-order chi connectivity index (χ0) is 19.3. The van der Waals surface area contributed by atoms with Gasteiger partial charge in [0.05, 0.1) is 6.54 Å². The Kier molecular flexibility index (Phi) is 7.30. The average molecular weight is 362 g/mol. The standard InChI is InChI=1S/C21H35N3O2/c1-6-17(4)24(21(26)18-9-7-10-18)15-20(25)23(13-16(2)3)14-19-11-8-12-22(19)5/h8,11-12,16-18H,6-7,9-10,13-15H2,1-5H3. The van der Waals surface area contributed by atoms with E-state index in [1.54, 1.807) is 0 Å². The van der Waals surface area contributed by atoms with Gasteiger partial charge in [0, 0.05) is 37.4 Å². The van der Waals surface area contributed by atoms with Crippen LogP contribution in [0.3, 0.4) is 0 Å². The largest absolute Gasteiger partial charge is 0.353 e. The van der Waals surface area contributed by atoms with Gasteiger partial charge in [0.15, 0.2) is 0 Å². The Morgan fingerprint density at radius 3 is 2.42 bits per heavy atom. The summed E-state index contributed by atoms with van der Waals surface area (Å²) in [5, 5.41) is 0. The third-order valence-electron chi connectivity index (χ3n) is 5.51. The molecule has 0 saturated heterocycles. The van der Waals surface area contributed by atoms with Gasteiger partial charge >= 0.3 is 0 Å². The van der Waals surface area contributed by atoms with Crippen molar-refractivity contribution in [1.29, 1.82) is 0 Å². The summed E-state index contributed by atoms with van der Waals surface area (Å²) in [6.07, 6.45) is 5.94. The lowest BCUT2D eigenvalue weighted by Crippen LogP contribution is -2.50. The Balaban J connectivity index is 2.11. The summed E-state index contributed by atoms with van der Waals surface area (Å²) >= 11 is 0. The van der Waals surface area contributed by atoms with E-state index in [1.807, 2.05) is 46.7 Å². The van der Waals surface area contributed by atoms with Crippen LogP contribution < -0.4 is 0 Å². The van der Waals surface area contributed by atoms with Gasteiger partial charge in [0.1, 0.15) is 6.54 Å². The first-order valence-electron chi connectivity index (χ1n) is 10.0. The predicted molar refractivity (Wildman–Crippen MR) is 104 cm³/mol. The highest BCUT2D eigenvalue weighted by Gasteiger charge is 2.33. The fourth-order valence-electron chi connectivity index (χ4n) is 3.36. The molecule has 1 aromatic heterocycles. The second kappa shape index (κ2) is 9.24. The second-order valence-corrected chi connectivity index (χ2v) is 8.13. The Morgan fingerprint density at radius 1 is 1.27 bits per heavy atom. The van der Waals surface area contributed by atoms with Crippen molar-refractivity contribution in [3.8, 4) is 0 Å². The van der Waals surface area contributed by atoms with Crippen molar-refractivity contribution in [2.75, 3.05) is 13.1 Å². The first-order chi connectivity index (χ1) is 12.3. The number of hydrogen-bond acceptors (Lipinski definition) is 2. The third-order valence-corrected chi connectivity index (χ3v) is 5.51. The molecule has 2 rings (SSSR count). The summed E-state index contributed by atoms with van der Waals surface area (Å²) in [6.45, 7) is 9.86. The van der Waals surface area contributed by atoms with Crippen LogP contribution in [-0.4, -0.2) is 45.3 Å². The van der Waals surface area contributed by atoms with Gasteiger partial charge in [-0.3, -0.25) is 9.59 Å². The van der Waals surface area contributed by atoms with Crippen molar-refractivity contribution in [2.45, 2.75) is 66.0 Å². The van der Waals surface area contributed by atoms with Crippen molar-refractivity contribution >= 4 is 11.8 Å². The Morgan fingerprint density at radius 2 is 1.96 bits per heavy atom. The third kappa shape index (κ3) is 5.12. The minimum atomic E-state index is 0.0490. The van der Waals surface area contributed by atoms with Crippen LogP contribution in [0.1, 0.15) is 59.1 Å². The zero-order valence-electron chi connectivity index (χ0n) is 17.1. The highest BCUT2D eigenvalue weighted by molar-refractivity contribution is 5.86. The fraction of sp³-hybridized carbons (Fsp3) is 0.714. The molecular weight excluding hydrogens is 326 g/mol. The van der Waals surface area contributed by atoms with E-state index in [-0.39, 0.29) is 30.3 Å². The van der Waals surface area contributed by atoms with E-state index in [4.69, 9.17) is 0 Å². The highest BCUT2D eigenvalue weighted by atomic mass is 16.2. The predicted octanol–water partition coefficient (Wildman–Crippen LogP) is 3.44. The van der Waals surface area contributed by atoms with Gasteiger partial charge in [0.25, 0.3) is 0 Å². The van der Waals surface area contributed by atoms with Crippen molar-refractivity contribution in [3.63, 3.8) is 0 Å². The van der Waals surface area contributed by atoms with Gasteiger partial charge in [-0.2, -0.15) is 0 Å². The number of hydrogen-bond donors (Lipinski definition) is 0. The van der Waals surface area contributed by atoms with Crippen LogP contribution in [0.4, 0.5) is 0 Å². The molecule has 0 aromatic carbocycles. The molecule has 1 aliphatic rings. The van der Waals surface area contributed by atoms with E-state index < -0.39 is 0 Å². The lowest BCUT2D eigenvalue weighted by molar-refractivity contribution is -0.147. The second-order valence-electron chi connectivity index (χ2n) is 8.13. The molecule has 26 heavy (non-hydrogen) atoms. The van der Waals surface area contributed by atoms with Crippen LogP contribution in [0.15, 0.2) is 18.3 Å². The smallest absolute Gasteiger partial charge is 0.242 e. The van der Waals surface area contributed by atoms with E-state index in [1.165, 1.54) is 0 Å². The normalized spacial score (nSPS) is 15.6. The van der Waals surface area contributed by atoms with E-state index >= 15 is 0 Å². The van der Waals surface area contributed by atoms with Crippen molar-refractivity contribution in [1.82, 2.24) is 14.4 Å². The monoisotopic (exact) mass is 361 g/mol. The number of nitrogens with zero attached hydrogens (tertiary/aromatic N) is 3. The molecule has 5 nitrogen and oxygen atoms in total. The summed E-state index contributed by atoms with van der Waals surface area (Å²) < 4.78 is 2.05. The molecule has 1 aliphatic carbocycles. The molecule has 146 valence electrons. The molecule has 1 atom stereocenters. The molecule has 1 fully saturated rings. The maximum Gasteiger partial charge on any atom is 0.242 e. The Bertz CT molecular complexity index is 604. The molecule has 0 spiro atoms. The summed E-state index contributed by atoms with van der Waals surface area (Å²) in [7, 11) is 2.00. The van der Waals surface area contributed by atoms with Gasteiger partial charge in [-0.15, -0.1) is 0 Å². The van der Waals surface area contributed by atoms with Gasteiger partial charge in [0.2, 0.25) is 11.8 Å². The quantitative estimate of drug-likeness (QED) is 0.676. The van der Waals surface area contributed by atoms with E-state index in [2.05, 4.69) is 20.8 Å². The van der Waals surface area contributed by atoms with Gasteiger partial charge in [-0.25, -0.2) is 0 Å². The van der Waals surface area contributed by atoms with Crippen LogP contribution in [0.5, 0.6) is 0 Å². The summed E-state index contributed by atoms with van der Waals surface area (Å²) in [4.78, 5) is 29.7. The molecule has 0 N–H and O–H groups in total. The summed E-state index contributed by atoms with van der Waals surface area (Å²) in [6, 6.07) is 4.15. The summed E-state index contributed by atoms with van der Waals surface area (Å²) in [5.41, 5.74) is 1.11. The van der Waals surface area contributed by atoms with Gasteiger partial charge in [-0.05, 0) is 44.2 Å². The molecule has 0 radical (unpaired) electrons. The van der Waals surface area contributed by atoms with Gasteiger partial charge in [-0.1, -0.05) is 27.2 Å². The maximum atomic E-state index is 13.1. The Labute approximate surface area is 158 Å². The number of amides is 2. The van der Waals surface area contributed by atoms with E-state index in [0.717, 1.165) is 31.4 Å². The molecule has 1 unspecified atom stereocenters. The Hall–Kier alpha value is -1.78. The lowest BCUT2D eigenvalue weighted by atomic mass is 9.84. The molecular formula is C21H35N3O2. The number of aromatic nitrogens is 1. The summed E-state index contributed by atoms with van der Waals surface area (Å²) in [5.74, 6) is 0.733. The minimum absolute atomic E-state index is 0.0490. The minimum Gasteiger partial charge on any atom is -0.353 e. The molecule has 0 aliphatic heterocycles. The highest BCUT2D eigenvalue weighted by Crippen LogP contribution is 2.29. The molecule has 1 saturated carbocycles. The molecule has 0 bridgehead atoms. The SMILES string of the molecule is CCC(C)N(CC(=O)N(Cc1cccn1C)CC(C)C)C(=O)C1CCC1. The van der Waals surface area contributed by atoms with Crippen LogP contribution in [0.2, 0.25) is 0 Å². The number of carbonyl (C=O) groups is 2. The first kappa shape index (κ1) is 20.5. The molecule has 5 heteroatoms. The topological polar surface area (TPSA) is 45.6 Å². The van der Waals surface area contributed by atoms with E-state index in [0.29, 0.717) is 19.0 Å². The molecule has 1 aromatic rings. The molecule has 2 amide bonds. The van der Waals surface area contributed by atoms with Gasteiger partial charge < -0.3 is 14.4 Å². The first-order valence-corrected chi connectivity index (χ1v) is 10.0. The van der Waals surface area contributed by atoms with Crippen molar-refractivity contribution < 1.29 is 9.59 Å². The van der Waals surface area contributed by atoms with Crippen LogP contribution in [0.25, 0.3) is 0 Å². The van der Waals surface area contributed by atoms with Crippen LogP contribution in [-0.2, 0) is 23.2 Å². The maximum absolute atomic E-state index is 13.1. The van der Waals surface area contributed by atoms with E-state index in [9.17, 15) is 9.59 Å². The zero-order valence-corrected chi connectivity index (χ0v) is 17.1. The number of aryl methyl sites for hydroxylation is 1. The lowest BCUT2D eigenvalue weighted by Gasteiger charge is -2.36. The van der Waals surface area contributed by atoms with Crippen LogP contribution >= 0.6 is 0 Å². The molecule has 1 heterocycles. The average Bonchev–Trinajstić information content (AvgIpc) is 2.93.